The van der Waals surface area contributed by atoms with E-state index in [9.17, 15) is 4.57 Å². The van der Waals surface area contributed by atoms with E-state index in [0.717, 1.165) is 12.5 Å². The van der Waals surface area contributed by atoms with Crippen LogP contribution in [0.5, 0.6) is 0 Å². The maximum absolute atomic E-state index is 11.4. The van der Waals surface area contributed by atoms with Gasteiger partial charge in [0.2, 0.25) is 0 Å². The van der Waals surface area contributed by atoms with Crippen molar-refractivity contribution in [3.63, 3.8) is 0 Å². The normalized spacial score (nSPS) is 27.9. The zero-order valence-electron chi connectivity index (χ0n) is 10.1. The molecule has 0 bridgehead atoms. The van der Waals surface area contributed by atoms with Crippen LogP contribution < -0.4 is 0 Å². The van der Waals surface area contributed by atoms with E-state index < -0.39 is 7.37 Å². The van der Waals surface area contributed by atoms with E-state index in [1.54, 1.807) is 20.4 Å². The maximum Gasteiger partial charge on any atom is 0.197 e. The average molecular weight is 234 g/mol. The molecule has 0 unspecified atom stereocenters. The van der Waals surface area contributed by atoms with Gasteiger partial charge in [-0.15, -0.1) is 0 Å². The molecule has 0 spiro atoms. The van der Waals surface area contributed by atoms with Crippen molar-refractivity contribution in [2.75, 3.05) is 33.7 Å². The second-order valence-electron chi connectivity index (χ2n) is 4.89. The lowest BCUT2D eigenvalue weighted by atomic mass is 9.83. The van der Waals surface area contributed by atoms with Gasteiger partial charge in [-0.2, -0.15) is 0 Å². The van der Waals surface area contributed by atoms with Gasteiger partial charge >= 0.3 is 0 Å². The van der Waals surface area contributed by atoms with Crippen LogP contribution in [0.3, 0.4) is 0 Å². The lowest BCUT2D eigenvalue weighted by molar-refractivity contribution is 0.107. The minimum atomic E-state index is -2.29. The summed E-state index contributed by atoms with van der Waals surface area (Å²) in [6, 6.07) is 0. The van der Waals surface area contributed by atoms with Crippen LogP contribution in [0.15, 0.2) is 0 Å². The molecule has 1 fully saturated rings. The summed E-state index contributed by atoms with van der Waals surface area (Å²) in [5.74, 6) is 1.33. The van der Waals surface area contributed by atoms with Gasteiger partial charge in [-0.3, -0.25) is 4.57 Å². The highest BCUT2D eigenvalue weighted by Gasteiger charge is 2.22. The molecule has 0 amide bonds. The van der Waals surface area contributed by atoms with Crippen LogP contribution >= 0.6 is 7.37 Å². The minimum absolute atomic E-state index is 0.603. The standard InChI is InChI=1S/C11H23O3P/c1-13-8-10-4-6-11(7-5-10)9-14-15(2,3)12/h10-11H,4-9H2,1-3H3. The Hall–Kier alpha value is 0.150. The Morgan fingerprint density at radius 3 is 1.93 bits per heavy atom. The summed E-state index contributed by atoms with van der Waals surface area (Å²) in [6.07, 6.45) is 4.82. The maximum atomic E-state index is 11.4. The molecule has 0 aromatic heterocycles. The van der Waals surface area contributed by atoms with Crippen molar-refractivity contribution in [1.29, 1.82) is 0 Å². The Morgan fingerprint density at radius 1 is 1.07 bits per heavy atom. The molecule has 1 saturated carbocycles. The van der Waals surface area contributed by atoms with Crippen molar-refractivity contribution in [1.82, 2.24) is 0 Å². The van der Waals surface area contributed by atoms with Gasteiger partial charge in [0.1, 0.15) is 0 Å². The first-order chi connectivity index (χ1) is 7.01. The van der Waals surface area contributed by atoms with Crippen LogP contribution in [0.1, 0.15) is 25.7 Å². The SMILES string of the molecule is COCC1CCC(COP(C)(C)=O)CC1. The zero-order chi connectivity index (χ0) is 11.3. The minimum Gasteiger partial charge on any atom is -0.384 e. The number of methoxy groups -OCH3 is 1. The Balaban J connectivity index is 2.17. The van der Waals surface area contributed by atoms with E-state index in [4.69, 9.17) is 9.26 Å². The molecule has 0 radical (unpaired) electrons. The molecule has 1 aliphatic carbocycles. The lowest BCUT2D eigenvalue weighted by Gasteiger charge is -2.28. The molecule has 0 aliphatic heterocycles. The molecule has 3 nitrogen and oxygen atoms in total. The predicted octanol–water partition coefficient (Wildman–Crippen LogP) is 2.99. The van der Waals surface area contributed by atoms with E-state index in [0.29, 0.717) is 12.5 Å². The molecular weight excluding hydrogens is 211 g/mol. The molecular formula is C11H23O3P. The van der Waals surface area contributed by atoms with Gasteiger partial charge in [0.05, 0.1) is 6.61 Å². The van der Waals surface area contributed by atoms with E-state index in [2.05, 4.69) is 0 Å². The van der Waals surface area contributed by atoms with Crippen LogP contribution in [0, 0.1) is 11.8 Å². The summed E-state index contributed by atoms with van der Waals surface area (Å²) in [4.78, 5) is 0. The van der Waals surface area contributed by atoms with Gasteiger partial charge in [-0.1, -0.05) is 0 Å². The number of hydrogen-bond donors (Lipinski definition) is 0. The number of ether oxygens (including phenoxy) is 1. The van der Waals surface area contributed by atoms with Gasteiger partial charge in [-0.05, 0) is 37.5 Å². The highest BCUT2D eigenvalue weighted by molar-refractivity contribution is 7.57. The molecule has 0 N–H and O–H groups in total. The number of rotatable bonds is 5. The van der Waals surface area contributed by atoms with Crippen LogP contribution in [-0.2, 0) is 13.8 Å². The molecule has 1 rings (SSSR count). The first-order valence-corrected chi connectivity index (χ1v) is 8.21. The monoisotopic (exact) mass is 234 g/mol. The first-order valence-electron chi connectivity index (χ1n) is 5.69. The molecule has 0 saturated heterocycles. The van der Waals surface area contributed by atoms with Gasteiger partial charge in [-0.25, -0.2) is 0 Å². The summed E-state index contributed by atoms with van der Waals surface area (Å²) >= 11 is 0. The van der Waals surface area contributed by atoms with E-state index in [1.165, 1.54) is 25.7 Å². The molecule has 0 aromatic rings. The molecule has 4 heteroatoms. The van der Waals surface area contributed by atoms with E-state index >= 15 is 0 Å². The zero-order valence-corrected chi connectivity index (χ0v) is 11.0. The third kappa shape index (κ3) is 5.70. The predicted molar refractivity (Wildman–Crippen MR) is 62.7 cm³/mol. The molecule has 90 valence electrons. The van der Waals surface area contributed by atoms with Crippen molar-refractivity contribution < 1.29 is 13.8 Å². The smallest absolute Gasteiger partial charge is 0.197 e. The topological polar surface area (TPSA) is 35.5 Å². The van der Waals surface area contributed by atoms with Crippen molar-refractivity contribution in [2.24, 2.45) is 11.8 Å². The van der Waals surface area contributed by atoms with Crippen molar-refractivity contribution in [2.45, 2.75) is 25.7 Å². The van der Waals surface area contributed by atoms with Crippen molar-refractivity contribution in [3.05, 3.63) is 0 Å². The summed E-state index contributed by atoms with van der Waals surface area (Å²) in [5, 5.41) is 0. The molecule has 0 heterocycles. The summed E-state index contributed by atoms with van der Waals surface area (Å²) in [6.45, 7) is 4.92. The highest BCUT2D eigenvalue weighted by atomic mass is 31.2. The fourth-order valence-electron chi connectivity index (χ4n) is 2.09. The third-order valence-electron chi connectivity index (χ3n) is 2.99. The Morgan fingerprint density at radius 2 is 1.53 bits per heavy atom. The highest BCUT2D eigenvalue weighted by Crippen LogP contribution is 2.39. The van der Waals surface area contributed by atoms with Gasteiger partial charge in [0.15, 0.2) is 7.37 Å². The second-order valence-corrected chi connectivity index (χ2v) is 7.65. The summed E-state index contributed by atoms with van der Waals surface area (Å²) in [7, 11) is -0.521. The fourth-order valence-corrected chi connectivity index (χ4v) is 2.66. The Kier molecular flexibility index (Phi) is 5.31. The van der Waals surface area contributed by atoms with Gasteiger partial charge in [0.25, 0.3) is 0 Å². The average Bonchev–Trinajstić information content (AvgIpc) is 2.16. The van der Waals surface area contributed by atoms with Crippen LogP contribution in [0.4, 0.5) is 0 Å². The molecule has 0 aromatic carbocycles. The summed E-state index contributed by atoms with van der Waals surface area (Å²) in [5.41, 5.74) is 0. The third-order valence-corrected chi connectivity index (χ3v) is 3.76. The number of hydrogen-bond acceptors (Lipinski definition) is 3. The fraction of sp³-hybridized carbons (Fsp3) is 1.00. The Labute approximate surface area is 93.0 Å². The van der Waals surface area contributed by atoms with E-state index in [-0.39, 0.29) is 0 Å². The molecule has 15 heavy (non-hydrogen) atoms. The van der Waals surface area contributed by atoms with E-state index in [1.807, 2.05) is 0 Å². The van der Waals surface area contributed by atoms with Crippen LogP contribution in [-0.4, -0.2) is 33.7 Å². The first kappa shape index (κ1) is 13.2. The molecule has 1 aliphatic rings. The largest absolute Gasteiger partial charge is 0.384 e. The van der Waals surface area contributed by atoms with Gasteiger partial charge in [0, 0.05) is 27.0 Å². The molecule has 0 atom stereocenters. The summed E-state index contributed by atoms with van der Waals surface area (Å²) < 4.78 is 21.9. The van der Waals surface area contributed by atoms with Crippen molar-refractivity contribution >= 4 is 7.37 Å². The van der Waals surface area contributed by atoms with Crippen molar-refractivity contribution in [3.8, 4) is 0 Å². The second kappa shape index (κ2) is 6.03. The van der Waals surface area contributed by atoms with Crippen LogP contribution in [0.25, 0.3) is 0 Å². The lowest BCUT2D eigenvalue weighted by Crippen LogP contribution is -2.20. The Bertz CT molecular complexity index is 216. The van der Waals surface area contributed by atoms with Gasteiger partial charge < -0.3 is 9.26 Å². The quantitative estimate of drug-likeness (QED) is 0.686. The van der Waals surface area contributed by atoms with Crippen LogP contribution in [0.2, 0.25) is 0 Å².